The second kappa shape index (κ2) is 15.7. The Morgan fingerprint density at radius 3 is 2.27 bits per heavy atom. The smallest absolute Gasteiger partial charge is 0.243 e. The second-order valence-electron chi connectivity index (χ2n) is 10.2. The van der Waals surface area contributed by atoms with E-state index in [9.17, 15) is 18.0 Å². The lowest BCUT2D eigenvalue weighted by Gasteiger charge is -2.32. The Hall–Kier alpha value is -3.17. The van der Waals surface area contributed by atoms with Crippen LogP contribution >= 0.6 is 15.9 Å². The highest BCUT2D eigenvalue weighted by Crippen LogP contribution is 2.23. The minimum absolute atomic E-state index is 0.0967. The predicted molar refractivity (Wildman–Crippen MR) is 169 cm³/mol. The summed E-state index contributed by atoms with van der Waals surface area (Å²) in [5.74, 6) is -0.391. The van der Waals surface area contributed by atoms with Crippen molar-refractivity contribution in [2.45, 2.75) is 58.5 Å². The van der Waals surface area contributed by atoms with Gasteiger partial charge in [-0.25, -0.2) is 8.42 Å². The van der Waals surface area contributed by atoms with Gasteiger partial charge in [-0.1, -0.05) is 89.9 Å². The van der Waals surface area contributed by atoms with Gasteiger partial charge in [0.05, 0.1) is 11.9 Å². The first-order valence-electron chi connectivity index (χ1n) is 14.0. The molecule has 0 aliphatic carbocycles. The Morgan fingerprint density at radius 2 is 1.61 bits per heavy atom. The molecule has 0 bridgehead atoms. The average molecular weight is 643 g/mol. The molecule has 0 radical (unpaired) electrons. The third-order valence-electron chi connectivity index (χ3n) is 6.88. The van der Waals surface area contributed by atoms with Crippen molar-refractivity contribution in [2.24, 2.45) is 0 Å². The number of benzene rings is 3. The number of para-hydroxylation sites is 1. The first-order chi connectivity index (χ1) is 19.6. The Morgan fingerprint density at radius 1 is 0.927 bits per heavy atom. The molecular formula is C32H40BrN3O4S. The van der Waals surface area contributed by atoms with E-state index >= 15 is 0 Å². The zero-order chi connectivity index (χ0) is 29.8. The van der Waals surface area contributed by atoms with Crippen LogP contribution in [-0.2, 0) is 32.6 Å². The van der Waals surface area contributed by atoms with Gasteiger partial charge in [0.25, 0.3) is 0 Å². The molecule has 3 aromatic carbocycles. The third kappa shape index (κ3) is 10.0. The topological polar surface area (TPSA) is 86.8 Å². The maximum Gasteiger partial charge on any atom is 0.243 e. The molecule has 3 rings (SSSR count). The number of hydrogen-bond donors (Lipinski definition) is 1. The van der Waals surface area contributed by atoms with Crippen LogP contribution in [0.25, 0.3) is 0 Å². The van der Waals surface area contributed by atoms with Gasteiger partial charge in [0, 0.05) is 36.9 Å². The molecule has 1 atom stereocenters. The molecule has 41 heavy (non-hydrogen) atoms. The average Bonchev–Trinajstić information content (AvgIpc) is 2.93. The Bertz CT molecular complexity index is 1400. The van der Waals surface area contributed by atoms with Gasteiger partial charge in [-0.2, -0.15) is 0 Å². The van der Waals surface area contributed by atoms with E-state index in [4.69, 9.17) is 0 Å². The van der Waals surface area contributed by atoms with E-state index in [0.717, 1.165) is 34.0 Å². The van der Waals surface area contributed by atoms with E-state index in [0.29, 0.717) is 25.1 Å². The van der Waals surface area contributed by atoms with Crippen LogP contribution in [0.4, 0.5) is 5.69 Å². The number of halogens is 1. The van der Waals surface area contributed by atoms with Crippen molar-refractivity contribution in [1.29, 1.82) is 0 Å². The van der Waals surface area contributed by atoms with Crippen molar-refractivity contribution in [1.82, 2.24) is 10.2 Å². The molecule has 2 amide bonds. The van der Waals surface area contributed by atoms with Crippen LogP contribution in [0.3, 0.4) is 0 Å². The predicted octanol–water partition coefficient (Wildman–Crippen LogP) is 5.86. The largest absolute Gasteiger partial charge is 0.354 e. The summed E-state index contributed by atoms with van der Waals surface area (Å²) in [7, 11) is -3.56. The molecule has 0 unspecified atom stereocenters. The number of aryl methyl sites for hydroxylation is 1. The lowest BCUT2D eigenvalue weighted by Crippen LogP contribution is -2.50. The first kappa shape index (κ1) is 32.3. The standard InChI is InChI=1S/C32H40BrN3O4S/c1-4-5-20-34-32(38)30(23-26-14-7-6-8-15-26)35(24-27-16-11-17-28(33)22-27)31(37)19-12-21-36(41(3,39)40)29-18-10-9-13-25(29)2/h6-11,13-18,22,30H,4-5,12,19-21,23-24H2,1-3H3,(H,34,38)/t30-/m1/s1. The van der Waals surface area contributed by atoms with Gasteiger partial charge in [0.1, 0.15) is 6.04 Å². The van der Waals surface area contributed by atoms with E-state index < -0.39 is 16.1 Å². The van der Waals surface area contributed by atoms with E-state index in [1.165, 1.54) is 10.6 Å². The zero-order valence-corrected chi connectivity index (χ0v) is 26.5. The summed E-state index contributed by atoms with van der Waals surface area (Å²) in [5.41, 5.74) is 3.29. The molecular weight excluding hydrogens is 602 g/mol. The number of nitrogens with one attached hydrogen (secondary N) is 1. The minimum Gasteiger partial charge on any atom is -0.354 e. The molecule has 0 saturated carbocycles. The molecule has 0 saturated heterocycles. The van der Waals surface area contributed by atoms with Gasteiger partial charge in [0.2, 0.25) is 21.8 Å². The van der Waals surface area contributed by atoms with Crippen LogP contribution in [0.5, 0.6) is 0 Å². The fraction of sp³-hybridized carbons (Fsp3) is 0.375. The highest BCUT2D eigenvalue weighted by atomic mass is 79.9. The number of sulfonamides is 1. The Kier molecular flexibility index (Phi) is 12.4. The number of nitrogens with zero attached hydrogens (tertiary/aromatic N) is 2. The van der Waals surface area contributed by atoms with Crippen molar-refractivity contribution in [3.63, 3.8) is 0 Å². The van der Waals surface area contributed by atoms with Gasteiger partial charge in [-0.3, -0.25) is 13.9 Å². The first-order valence-corrected chi connectivity index (χ1v) is 16.6. The van der Waals surface area contributed by atoms with Crippen LogP contribution in [0.2, 0.25) is 0 Å². The number of amides is 2. The van der Waals surface area contributed by atoms with Crippen molar-refractivity contribution >= 4 is 43.5 Å². The molecule has 0 spiro atoms. The van der Waals surface area contributed by atoms with Gasteiger partial charge in [0.15, 0.2) is 0 Å². The molecule has 220 valence electrons. The highest BCUT2D eigenvalue weighted by Gasteiger charge is 2.30. The van der Waals surface area contributed by atoms with E-state index in [1.807, 2.05) is 73.7 Å². The molecule has 0 heterocycles. The quantitative estimate of drug-likeness (QED) is 0.211. The maximum atomic E-state index is 13.9. The zero-order valence-electron chi connectivity index (χ0n) is 24.1. The fourth-order valence-corrected chi connectivity index (χ4v) is 6.19. The molecule has 0 aliphatic heterocycles. The van der Waals surface area contributed by atoms with Gasteiger partial charge < -0.3 is 10.2 Å². The minimum atomic E-state index is -3.56. The summed E-state index contributed by atoms with van der Waals surface area (Å²) < 4.78 is 27.6. The second-order valence-corrected chi connectivity index (χ2v) is 13.0. The maximum absolute atomic E-state index is 13.9. The highest BCUT2D eigenvalue weighted by molar-refractivity contribution is 9.10. The van der Waals surface area contributed by atoms with Crippen molar-refractivity contribution in [2.75, 3.05) is 23.7 Å². The van der Waals surface area contributed by atoms with E-state index in [2.05, 4.69) is 28.2 Å². The Labute approximate surface area is 253 Å². The summed E-state index contributed by atoms with van der Waals surface area (Å²) in [6, 6.07) is 24.0. The van der Waals surface area contributed by atoms with Gasteiger partial charge >= 0.3 is 0 Å². The molecule has 7 nitrogen and oxygen atoms in total. The van der Waals surface area contributed by atoms with Crippen molar-refractivity contribution in [3.8, 4) is 0 Å². The van der Waals surface area contributed by atoms with Gasteiger partial charge in [-0.15, -0.1) is 0 Å². The summed E-state index contributed by atoms with van der Waals surface area (Å²) in [4.78, 5) is 29.1. The van der Waals surface area contributed by atoms with Crippen LogP contribution in [-0.4, -0.2) is 50.5 Å². The number of anilines is 1. The van der Waals surface area contributed by atoms with Crippen molar-refractivity contribution < 1.29 is 18.0 Å². The van der Waals surface area contributed by atoms with E-state index in [1.54, 1.807) is 17.0 Å². The SMILES string of the molecule is CCCCNC(=O)[C@@H](Cc1ccccc1)N(Cc1cccc(Br)c1)C(=O)CCCN(c1ccccc1C)S(C)(=O)=O. The molecule has 3 aromatic rings. The summed E-state index contributed by atoms with van der Waals surface area (Å²) in [6.45, 7) is 4.88. The number of carbonyl (C=O) groups excluding carboxylic acids is 2. The van der Waals surface area contributed by atoms with Gasteiger partial charge in [-0.05, 0) is 54.7 Å². The number of carbonyl (C=O) groups is 2. The number of hydrogen-bond acceptors (Lipinski definition) is 4. The van der Waals surface area contributed by atoms with Crippen LogP contribution < -0.4 is 9.62 Å². The lowest BCUT2D eigenvalue weighted by molar-refractivity contribution is -0.141. The van der Waals surface area contributed by atoms with Crippen LogP contribution in [0.15, 0.2) is 83.3 Å². The lowest BCUT2D eigenvalue weighted by atomic mass is 10.0. The number of unbranched alkanes of at least 4 members (excludes halogenated alkanes) is 1. The van der Waals surface area contributed by atoms with Crippen LogP contribution in [0.1, 0.15) is 49.3 Å². The summed E-state index contributed by atoms with van der Waals surface area (Å²) in [6.07, 6.45) is 3.75. The normalized spacial score (nSPS) is 12.0. The molecule has 1 N–H and O–H groups in total. The molecule has 0 aromatic heterocycles. The molecule has 0 aliphatic rings. The van der Waals surface area contributed by atoms with Crippen LogP contribution in [0, 0.1) is 6.92 Å². The molecule has 0 fully saturated rings. The van der Waals surface area contributed by atoms with Crippen molar-refractivity contribution in [3.05, 3.63) is 100 Å². The summed E-state index contributed by atoms with van der Waals surface area (Å²) >= 11 is 3.51. The third-order valence-corrected chi connectivity index (χ3v) is 8.55. The fourth-order valence-electron chi connectivity index (χ4n) is 4.72. The molecule has 9 heteroatoms. The monoisotopic (exact) mass is 641 g/mol. The van der Waals surface area contributed by atoms with E-state index in [-0.39, 0.29) is 31.3 Å². The summed E-state index contributed by atoms with van der Waals surface area (Å²) in [5, 5.41) is 3.03. The Balaban J connectivity index is 1.88. The number of rotatable bonds is 15.